The first-order chi connectivity index (χ1) is 19.4. The summed E-state index contributed by atoms with van der Waals surface area (Å²) < 4.78 is 20.0. The molecule has 0 saturated carbocycles. The summed E-state index contributed by atoms with van der Waals surface area (Å²) in [7, 11) is -4.18. The quantitative estimate of drug-likeness (QED) is 0.0993. The molecular formula is C35H51O5P. The first-order valence-electron chi connectivity index (χ1n) is 15.4. The second-order valence-electron chi connectivity index (χ2n) is 11.8. The normalized spacial score (nSPS) is 11.5. The van der Waals surface area contributed by atoms with E-state index < -0.39 is 24.2 Å². The van der Waals surface area contributed by atoms with Crippen LogP contribution in [0.2, 0.25) is 0 Å². The number of ether oxygens (including phenoxy) is 1. The van der Waals surface area contributed by atoms with Crippen molar-refractivity contribution < 1.29 is 23.7 Å². The van der Waals surface area contributed by atoms with Gasteiger partial charge >= 0.3 is 5.97 Å². The summed E-state index contributed by atoms with van der Waals surface area (Å²) in [6, 6.07) is 7.44. The van der Waals surface area contributed by atoms with E-state index in [-0.39, 0.29) is 12.6 Å². The maximum Gasteiger partial charge on any atom is 0.306 e. The highest BCUT2D eigenvalue weighted by atomic mass is 31.2. The molecule has 0 spiro atoms. The number of rotatable bonds is 18. The Hall–Kier alpha value is -2.52. The zero-order valence-corrected chi connectivity index (χ0v) is 27.4. The van der Waals surface area contributed by atoms with Crippen molar-refractivity contribution in [1.82, 2.24) is 0 Å². The summed E-state index contributed by atoms with van der Waals surface area (Å²) in [5.74, 6) is -0.517. The summed E-state index contributed by atoms with van der Waals surface area (Å²) in [4.78, 5) is 40.6. The first kappa shape index (κ1) is 34.7. The lowest BCUT2D eigenvalue weighted by Gasteiger charge is -2.21. The molecule has 0 atom stereocenters. The van der Waals surface area contributed by atoms with Crippen LogP contribution in [0.3, 0.4) is 0 Å². The molecule has 41 heavy (non-hydrogen) atoms. The molecule has 0 aliphatic carbocycles. The van der Waals surface area contributed by atoms with E-state index >= 15 is 0 Å². The Labute approximate surface area is 248 Å². The number of hydrogen-bond acceptors (Lipinski definition) is 5. The molecule has 6 heteroatoms. The van der Waals surface area contributed by atoms with E-state index in [1.165, 1.54) is 44.9 Å². The molecule has 0 bridgehead atoms. The maximum absolute atomic E-state index is 14.5. The molecule has 0 aromatic heterocycles. The van der Waals surface area contributed by atoms with Gasteiger partial charge in [0.25, 0.3) is 0 Å². The van der Waals surface area contributed by atoms with Crippen molar-refractivity contribution in [2.75, 3.05) is 12.8 Å². The van der Waals surface area contributed by atoms with E-state index in [9.17, 15) is 18.9 Å². The highest BCUT2D eigenvalue weighted by molar-refractivity contribution is 7.95. The van der Waals surface area contributed by atoms with E-state index in [1.807, 2.05) is 38.1 Å². The largest absolute Gasteiger partial charge is 0.466 e. The van der Waals surface area contributed by atoms with Crippen LogP contribution in [-0.4, -0.2) is 29.8 Å². The summed E-state index contributed by atoms with van der Waals surface area (Å²) in [6.07, 6.45) is 11.3. The number of hydrogen-bond donors (Lipinski definition) is 0. The predicted octanol–water partition coefficient (Wildman–Crippen LogP) is 9.74. The number of esters is 1. The fraction of sp³-hybridized carbons (Fsp3) is 0.571. The Kier molecular flexibility index (Phi) is 14.2. The van der Waals surface area contributed by atoms with Crippen molar-refractivity contribution in [3.8, 4) is 0 Å². The zero-order chi connectivity index (χ0) is 30.6. The fourth-order valence-electron chi connectivity index (χ4n) is 5.79. The van der Waals surface area contributed by atoms with Gasteiger partial charge in [0.2, 0.25) is 18.2 Å². The van der Waals surface area contributed by atoms with Gasteiger partial charge in [0.05, 0.1) is 13.0 Å². The van der Waals surface area contributed by atoms with E-state index in [2.05, 4.69) is 6.92 Å². The lowest BCUT2D eigenvalue weighted by Crippen LogP contribution is -2.19. The molecule has 0 aliphatic heterocycles. The molecule has 0 N–H and O–H groups in total. The van der Waals surface area contributed by atoms with E-state index in [1.54, 1.807) is 27.7 Å². The fourth-order valence-corrected chi connectivity index (χ4v) is 8.30. The van der Waals surface area contributed by atoms with Crippen molar-refractivity contribution in [1.29, 1.82) is 0 Å². The highest BCUT2D eigenvalue weighted by Gasteiger charge is 2.43. The lowest BCUT2D eigenvalue weighted by atomic mass is 10.0. The highest BCUT2D eigenvalue weighted by Crippen LogP contribution is 2.54. The minimum Gasteiger partial charge on any atom is -0.466 e. The van der Waals surface area contributed by atoms with Crippen molar-refractivity contribution in [2.45, 2.75) is 119 Å². The van der Waals surface area contributed by atoms with Gasteiger partial charge in [-0.3, -0.25) is 14.4 Å². The second kappa shape index (κ2) is 16.8. The summed E-state index contributed by atoms with van der Waals surface area (Å²) in [5, 5.41) is 0. The Balaban J connectivity index is 2.08. The first-order valence-corrected chi connectivity index (χ1v) is 17.3. The molecule has 2 aromatic rings. The third kappa shape index (κ3) is 10.1. The van der Waals surface area contributed by atoms with Crippen molar-refractivity contribution in [3.63, 3.8) is 0 Å². The topological polar surface area (TPSA) is 77.5 Å². The van der Waals surface area contributed by atoms with E-state index in [0.29, 0.717) is 40.0 Å². The minimum atomic E-state index is -4.18. The average molecular weight is 583 g/mol. The molecule has 0 unspecified atom stereocenters. The summed E-state index contributed by atoms with van der Waals surface area (Å²) in [6.45, 7) is 13.6. The van der Waals surface area contributed by atoms with Gasteiger partial charge in [0.1, 0.15) is 0 Å². The monoisotopic (exact) mass is 582 g/mol. The molecule has 0 radical (unpaired) electrons. The van der Waals surface area contributed by atoms with Gasteiger partial charge in [0, 0.05) is 17.3 Å². The third-order valence-corrected chi connectivity index (χ3v) is 10.4. The van der Waals surface area contributed by atoms with Crippen LogP contribution in [0, 0.1) is 41.5 Å². The molecule has 226 valence electrons. The smallest absolute Gasteiger partial charge is 0.306 e. The van der Waals surface area contributed by atoms with Gasteiger partial charge in [0.15, 0.2) is 0 Å². The van der Waals surface area contributed by atoms with Crippen molar-refractivity contribution in [3.05, 3.63) is 68.8 Å². The lowest BCUT2D eigenvalue weighted by molar-refractivity contribution is -0.143. The Morgan fingerprint density at radius 1 is 0.610 bits per heavy atom. The number of unbranched alkanes of at least 4 members (excludes halogenated alkanes) is 9. The summed E-state index contributed by atoms with van der Waals surface area (Å²) >= 11 is 0. The minimum absolute atomic E-state index is 0.236. The van der Waals surface area contributed by atoms with Crippen LogP contribution in [0.4, 0.5) is 0 Å². The van der Waals surface area contributed by atoms with Gasteiger partial charge in [-0.05, 0) is 70.2 Å². The van der Waals surface area contributed by atoms with Crippen LogP contribution in [0.5, 0.6) is 0 Å². The van der Waals surface area contributed by atoms with Gasteiger partial charge in [-0.25, -0.2) is 0 Å². The van der Waals surface area contributed by atoms with Crippen molar-refractivity contribution in [2.24, 2.45) is 0 Å². The molecule has 0 aliphatic rings. The van der Waals surface area contributed by atoms with Crippen LogP contribution >= 0.6 is 7.14 Å². The molecular weight excluding hydrogens is 531 g/mol. The Morgan fingerprint density at radius 3 is 1.37 bits per heavy atom. The van der Waals surface area contributed by atoms with E-state index in [0.717, 1.165) is 30.4 Å². The molecule has 2 rings (SSSR count). The molecule has 5 nitrogen and oxygen atoms in total. The van der Waals surface area contributed by atoms with E-state index in [4.69, 9.17) is 4.74 Å². The standard InChI is InChI=1S/C35H51O5P/c1-8-9-10-11-12-13-14-15-16-17-19-40-31(36)18-20-41(39,34(37)32-27(4)21-25(2)22-28(32)5)35(38)33-29(6)23-26(3)24-30(33)7/h21-24H,8-20H2,1-7H3. The zero-order valence-electron chi connectivity index (χ0n) is 26.5. The Morgan fingerprint density at radius 2 is 0.976 bits per heavy atom. The second-order valence-corrected chi connectivity index (χ2v) is 14.5. The van der Waals surface area contributed by atoms with Gasteiger partial charge in [-0.2, -0.15) is 0 Å². The number of benzene rings is 2. The van der Waals surface area contributed by atoms with Gasteiger partial charge in [-0.15, -0.1) is 0 Å². The van der Waals surface area contributed by atoms with Gasteiger partial charge < -0.3 is 9.30 Å². The average Bonchev–Trinajstić information content (AvgIpc) is 2.89. The van der Waals surface area contributed by atoms with Crippen LogP contribution < -0.4 is 0 Å². The maximum atomic E-state index is 14.5. The molecule has 2 aromatic carbocycles. The third-order valence-electron chi connectivity index (χ3n) is 7.83. The number of carbonyl (C=O) groups excluding carboxylic acids is 3. The Bertz CT molecular complexity index is 1140. The van der Waals surface area contributed by atoms with Crippen LogP contribution in [0.1, 0.15) is 132 Å². The predicted molar refractivity (Wildman–Crippen MR) is 170 cm³/mol. The SMILES string of the molecule is CCCCCCCCCCCCOC(=O)CCP(=O)(C(=O)c1c(C)cc(C)cc1C)C(=O)c1c(C)cc(C)cc1C. The molecule has 0 saturated heterocycles. The molecule has 0 heterocycles. The van der Waals surface area contributed by atoms with Gasteiger partial charge in [-0.1, -0.05) is 100 Å². The van der Waals surface area contributed by atoms with Crippen LogP contribution in [0.15, 0.2) is 24.3 Å². The summed E-state index contributed by atoms with van der Waals surface area (Å²) in [5.41, 5.74) is 3.99. The van der Waals surface area contributed by atoms with Crippen LogP contribution in [0.25, 0.3) is 0 Å². The number of aryl methyl sites for hydroxylation is 6. The molecule has 0 amide bonds. The number of carbonyl (C=O) groups is 3. The van der Waals surface area contributed by atoms with Crippen molar-refractivity contribution >= 4 is 24.2 Å². The van der Waals surface area contributed by atoms with Crippen LogP contribution in [-0.2, 0) is 14.1 Å². The molecule has 0 fully saturated rings.